The number of esters is 1. The van der Waals surface area contributed by atoms with Crippen molar-refractivity contribution in [3.8, 4) is 0 Å². The number of carboxylic acids is 1. The van der Waals surface area contributed by atoms with E-state index >= 15 is 0 Å². The smallest absolute Gasteiger partial charge is 0.328 e. The maximum absolute atomic E-state index is 13.7. The molecule has 3 saturated carbocycles. The molecule has 0 radical (unpaired) electrons. The van der Waals surface area contributed by atoms with Gasteiger partial charge in [0.25, 0.3) is 0 Å². The second kappa shape index (κ2) is 10.8. The Labute approximate surface area is 232 Å². The first-order chi connectivity index (χ1) is 18.6. The van der Waals surface area contributed by atoms with Gasteiger partial charge in [-0.1, -0.05) is 19.4 Å². The standard InChI is InChI=1S/C29H39NO10/c1-15(31)25(26(37)38)30-22(35)6-7-23(36)40-14-21(34)29(39)11-9-19-18-5-4-16-12-17(32)8-10-27(16,2)24(18)20(33)13-28(19,29)3/h12,15,18-19,24-25,31,39H,4-11,13-14H2,1-3H3,(H,30,35)(H,37,38)/t15-,18-,19-,24+,25+,27-,28-,29-/m0/s1. The molecule has 40 heavy (non-hydrogen) atoms. The van der Waals surface area contributed by atoms with Crippen LogP contribution < -0.4 is 5.32 Å². The normalized spacial score (nSPS) is 36.3. The summed E-state index contributed by atoms with van der Waals surface area (Å²) >= 11 is 0. The second-order valence-electron chi connectivity index (χ2n) is 12.5. The molecule has 11 nitrogen and oxygen atoms in total. The summed E-state index contributed by atoms with van der Waals surface area (Å²) in [6, 6.07) is -1.52. The lowest BCUT2D eigenvalue weighted by Gasteiger charge is -2.57. The van der Waals surface area contributed by atoms with Crippen LogP contribution >= 0.6 is 0 Å². The number of hydrogen-bond donors (Lipinski definition) is 4. The van der Waals surface area contributed by atoms with Crippen LogP contribution in [0.3, 0.4) is 0 Å². The molecule has 4 aliphatic carbocycles. The Balaban J connectivity index is 1.38. The number of hydrogen-bond acceptors (Lipinski definition) is 9. The van der Waals surface area contributed by atoms with Crippen molar-refractivity contribution in [1.29, 1.82) is 0 Å². The van der Waals surface area contributed by atoms with Gasteiger partial charge in [-0.25, -0.2) is 4.79 Å². The van der Waals surface area contributed by atoms with Crippen molar-refractivity contribution in [3.63, 3.8) is 0 Å². The largest absolute Gasteiger partial charge is 0.480 e. The number of Topliss-reactive ketones (excluding diaryl/α,β-unsaturated/α-hetero) is 2. The quantitative estimate of drug-likeness (QED) is 0.299. The summed E-state index contributed by atoms with van der Waals surface area (Å²) in [5.74, 6) is -4.01. The molecular formula is C29H39NO10. The minimum Gasteiger partial charge on any atom is -0.480 e. The molecule has 4 aliphatic rings. The molecule has 0 aromatic rings. The predicted octanol–water partition coefficient (Wildman–Crippen LogP) is 1.27. The van der Waals surface area contributed by atoms with Gasteiger partial charge in [0, 0.05) is 30.6 Å². The number of carboxylic acid groups (broad SMARTS) is 1. The van der Waals surface area contributed by atoms with Gasteiger partial charge >= 0.3 is 11.9 Å². The molecular weight excluding hydrogens is 522 g/mol. The number of carbonyl (C=O) groups is 6. The number of amides is 1. The molecule has 0 heterocycles. The van der Waals surface area contributed by atoms with E-state index in [1.165, 1.54) is 6.92 Å². The summed E-state index contributed by atoms with van der Waals surface area (Å²) < 4.78 is 5.07. The van der Waals surface area contributed by atoms with E-state index in [0.717, 1.165) is 5.57 Å². The number of ether oxygens (including phenoxy) is 1. The zero-order chi connectivity index (χ0) is 29.6. The highest BCUT2D eigenvalue weighted by Crippen LogP contribution is 2.66. The molecule has 220 valence electrons. The van der Waals surface area contributed by atoms with E-state index < -0.39 is 66.2 Å². The lowest BCUT2D eigenvalue weighted by Crippen LogP contribution is -2.61. The number of rotatable bonds is 9. The summed E-state index contributed by atoms with van der Waals surface area (Å²) in [5, 5.41) is 32.3. The van der Waals surface area contributed by atoms with Crippen molar-refractivity contribution in [3.05, 3.63) is 11.6 Å². The topological polar surface area (TPSA) is 184 Å². The van der Waals surface area contributed by atoms with Crippen molar-refractivity contribution < 1.29 is 48.8 Å². The van der Waals surface area contributed by atoms with Crippen LogP contribution in [0.15, 0.2) is 11.6 Å². The predicted molar refractivity (Wildman–Crippen MR) is 138 cm³/mol. The van der Waals surface area contributed by atoms with Crippen LogP contribution in [0.4, 0.5) is 0 Å². The minimum atomic E-state index is -1.85. The fourth-order valence-electron chi connectivity index (χ4n) is 8.03. The molecule has 0 unspecified atom stereocenters. The number of aliphatic hydroxyl groups excluding tert-OH is 1. The van der Waals surface area contributed by atoms with Crippen LogP contribution in [0.1, 0.15) is 78.6 Å². The maximum Gasteiger partial charge on any atom is 0.328 e. The Kier molecular flexibility index (Phi) is 8.12. The first-order valence-electron chi connectivity index (χ1n) is 14.0. The van der Waals surface area contributed by atoms with Crippen molar-refractivity contribution in [2.24, 2.45) is 28.6 Å². The Hall–Kier alpha value is -2.92. The van der Waals surface area contributed by atoms with Gasteiger partial charge in [0.15, 0.2) is 18.4 Å². The van der Waals surface area contributed by atoms with Crippen LogP contribution in [-0.4, -0.2) is 74.9 Å². The summed E-state index contributed by atoms with van der Waals surface area (Å²) in [7, 11) is 0. The number of aliphatic hydroxyl groups is 2. The SMILES string of the molecule is C[C@H](O)[C@@H](NC(=O)CCC(=O)OCC(=O)[C@@]1(O)CC[C@H]2[C@@H]3CCC4=CC(=O)CC[C@]4(C)[C@H]3C(=O)C[C@@]21C)C(=O)O. The van der Waals surface area contributed by atoms with Crippen LogP contribution in [0.5, 0.6) is 0 Å². The highest BCUT2D eigenvalue weighted by Gasteiger charge is 2.68. The Bertz CT molecular complexity index is 1160. The molecule has 11 heteroatoms. The number of ketones is 3. The van der Waals surface area contributed by atoms with Gasteiger partial charge in [0.05, 0.1) is 12.5 Å². The van der Waals surface area contributed by atoms with Crippen molar-refractivity contribution in [2.75, 3.05) is 6.61 Å². The van der Waals surface area contributed by atoms with E-state index in [4.69, 9.17) is 9.84 Å². The number of carbonyl (C=O) groups excluding carboxylic acids is 5. The molecule has 0 aliphatic heterocycles. The van der Waals surface area contributed by atoms with E-state index in [1.807, 2.05) is 0 Å². The van der Waals surface area contributed by atoms with Crippen LogP contribution in [-0.2, 0) is 33.5 Å². The van der Waals surface area contributed by atoms with Gasteiger partial charge in [-0.15, -0.1) is 0 Å². The monoisotopic (exact) mass is 561 g/mol. The van der Waals surface area contributed by atoms with Crippen molar-refractivity contribution in [1.82, 2.24) is 5.32 Å². The zero-order valence-electron chi connectivity index (χ0n) is 23.2. The molecule has 0 aromatic heterocycles. The summed E-state index contributed by atoms with van der Waals surface area (Å²) in [5.41, 5.74) is -2.21. The molecule has 4 N–H and O–H groups in total. The summed E-state index contributed by atoms with van der Waals surface area (Å²) in [6.07, 6.45) is 2.73. The van der Waals surface area contributed by atoms with E-state index in [1.54, 1.807) is 13.0 Å². The molecule has 0 spiro atoms. The first kappa shape index (κ1) is 30.0. The van der Waals surface area contributed by atoms with Crippen LogP contribution in [0.25, 0.3) is 0 Å². The fourth-order valence-corrected chi connectivity index (χ4v) is 8.03. The molecule has 4 rings (SSSR count). The van der Waals surface area contributed by atoms with Gasteiger partial charge in [-0.3, -0.25) is 24.0 Å². The zero-order valence-corrected chi connectivity index (χ0v) is 23.2. The number of fused-ring (bicyclic) bond motifs is 5. The molecule has 1 amide bonds. The highest BCUT2D eigenvalue weighted by molar-refractivity contribution is 5.95. The van der Waals surface area contributed by atoms with E-state index in [0.29, 0.717) is 32.1 Å². The molecule has 3 fully saturated rings. The van der Waals surface area contributed by atoms with Gasteiger partial charge in [-0.05, 0) is 62.4 Å². The molecule has 8 atom stereocenters. The minimum absolute atomic E-state index is 0.000746. The Morgan fingerprint density at radius 2 is 1.80 bits per heavy atom. The van der Waals surface area contributed by atoms with E-state index in [2.05, 4.69) is 12.2 Å². The lowest BCUT2D eigenvalue weighted by molar-refractivity contribution is -0.173. The van der Waals surface area contributed by atoms with Crippen molar-refractivity contribution >= 4 is 35.2 Å². The van der Waals surface area contributed by atoms with Gasteiger partial charge < -0.3 is 25.4 Å². The van der Waals surface area contributed by atoms with Crippen LogP contribution in [0, 0.1) is 28.6 Å². The van der Waals surface area contributed by atoms with E-state index in [-0.39, 0.29) is 47.6 Å². The van der Waals surface area contributed by atoms with Gasteiger partial charge in [0.1, 0.15) is 11.4 Å². The third kappa shape index (κ3) is 5.02. The molecule has 0 bridgehead atoms. The van der Waals surface area contributed by atoms with Crippen molar-refractivity contribution in [2.45, 2.75) is 96.3 Å². The second-order valence-corrected chi connectivity index (χ2v) is 12.5. The van der Waals surface area contributed by atoms with Gasteiger partial charge in [-0.2, -0.15) is 0 Å². The van der Waals surface area contributed by atoms with E-state index in [9.17, 15) is 39.0 Å². The molecule has 0 aromatic carbocycles. The fraction of sp³-hybridized carbons (Fsp3) is 0.724. The highest BCUT2D eigenvalue weighted by atomic mass is 16.5. The third-order valence-corrected chi connectivity index (χ3v) is 10.3. The maximum atomic E-state index is 13.7. The summed E-state index contributed by atoms with van der Waals surface area (Å²) in [6.45, 7) is 4.35. The third-order valence-electron chi connectivity index (χ3n) is 10.3. The van der Waals surface area contributed by atoms with Crippen LogP contribution in [0.2, 0.25) is 0 Å². The first-order valence-corrected chi connectivity index (χ1v) is 14.0. The van der Waals surface area contributed by atoms with Gasteiger partial charge in [0.2, 0.25) is 11.7 Å². The number of aliphatic carboxylic acids is 1. The Morgan fingerprint density at radius 3 is 2.45 bits per heavy atom. The summed E-state index contributed by atoms with van der Waals surface area (Å²) in [4.78, 5) is 74.4. The average Bonchev–Trinajstić information content (AvgIpc) is 3.15. The molecule has 0 saturated heterocycles. The number of nitrogens with one attached hydrogen (secondary N) is 1. The number of allylic oxidation sites excluding steroid dienone is 1. The lowest BCUT2D eigenvalue weighted by atomic mass is 9.46. The average molecular weight is 562 g/mol. The Morgan fingerprint density at radius 1 is 1.10 bits per heavy atom.